The molecule has 1 aliphatic rings. The molecule has 0 atom stereocenters. The summed E-state index contributed by atoms with van der Waals surface area (Å²) in [5.74, 6) is 0.794. The number of hydrogen-bond acceptors (Lipinski definition) is 7. The van der Waals surface area contributed by atoms with Crippen molar-refractivity contribution >= 4 is 17.5 Å². The van der Waals surface area contributed by atoms with Crippen LogP contribution in [0.2, 0.25) is 0 Å². The van der Waals surface area contributed by atoms with Crippen molar-refractivity contribution in [3.8, 4) is 5.75 Å². The van der Waals surface area contributed by atoms with E-state index in [1.165, 1.54) is 0 Å². The van der Waals surface area contributed by atoms with Gasteiger partial charge in [0, 0.05) is 38.7 Å². The Morgan fingerprint density at radius 3 is 2.87 bits per heavy atom. The zero-order valence-electron chi connectivity index (χ0n) is 18.0. The van der Waals surface area contributed by atoms with E-state index in [-0.39, 0.29) is 6.61 Å². The number of nitrogens with zero attached hydrogens (tertiary/aromatic N) is 3. The summed E-state index contributed by atoms with van der Waals surface area (Å²) in [4.78, 5) is 14.5. The molecule has 1 aromatic carbocycles. The van der Waals surface area contributed by atoms with E-state index in [9.17, 15) is 4.79 Å². The number of anilines is 2. The van der Waals surface area contributed by atoms with Gasteiger partial charge in [0.15, 0.2) is 0 Å². The van der Waals surface area contributed by atoms with Crippen LogP contribution in [-0.4, -0.2) is 49.7 Å². The van der Waals surface area contributed by atoms with Gasteiger partial charge in [-0.25, -0.2) is 4.79 Å². The molecule has 0 saturated carbocycles. The number of rotatable bonds is 8. The Morgan fingerprint density at radius 1 is 1.33 bits per heavy atom. The number of amides is 1. The quantitative estimate of drug-likeness (QED) is 0.610. The van der Waals surface area contributed by atoms with Crippen LogP contribution >= 0.6 is 0 Å². The Kier molecular flexibility index (Phi) is 7.05. The van der Waals surface area contributed by atoms with E-state index in [0.717, 1.165) is 41.5 Å². The molecule has 1 aromatic heterocycles. The molecule has 162 valence electrons. The number of carbonyl (C=O) groups is 1. The predicted molar refractivity (Wildman–Crippen MR) is 117 cm³/mol. The molecule has 0 fully saturated rings. The van der Waals surface area contributed by atoms with Crippen LogP contribution in [0.5, 0.6) is 5.75 Å². The zero-order valence-corrected chi connectivity index (χ0v) is 18.0. The maximum Gasteiger partial charge on any atom is 0.412 e. The number of benzene rings is 1. The molecular formula is C21H30N6O3. The van der Waals surface area contributed by atoms with Gasteiger partial charge in [-0.05, 0) is 30.7 Å². The minimum atomic E-state index is -0.511. The van der Waals surface area contributed by atoms with Gasteiger partial charge in [-0.15, -0.1) is 0 Å². The van der Waals surface area contributed by atoms with Crippen molar-refractivity contribution in [2.75, 3.05) is 44.0 Å². The summed E-state index contributed by atoms with van der Waals surface area (Å²) in [5.41, 5.74) is 4.45. The van der Waals surface area contributed by atoms with E-state index >= 15 is 0 Å². The average molecular weight is 415 g/mol. The SMILES string of the molecule is CCc1cc(COC(=O)Nc2ccc3c(c2)N(C/C(=C/NC)NC)CCO3)n(C)n1. The first-order valence-electron chi connectivity index (χ1n) is 10.1. The zero-order chi connectivity index (χ0) is 21.5. The van der Waals surface area contributed by atoms with Crippen LogP contribution in [0, 0.1) is 0 Å². The lowest BCUT2D eigenvalue weighted by molar-refractivity contribution is 0.152. The van der Waals surface area contributed by atoms with E-state index in [1.807, 2.05) is 58.5 Å². The highest BCUT2D eigenvalue weighted by molar-refractivity contribution is 5.86. The molecule has 0 aliphatic carbocycles. The molecule has 0 unspecified atom stereocenters. The second-order valence-electron chi connectivity index (χ2n) is 6.97. The number of carbonyl (C=O) groups excluding carboxylic acids is 1. The largest absolute Gasteiger partial charge is 0.490 e. The summed E-state index contributed by atoms with van der Waals surface area (Å²) in [5, 5.41) is 13.4. The first-order chi connectivity index (χ1) is 14.5. The molecule has 1 amide bonds. The summed E-state index contributed by atoms with van der Waals surface area (Å²) in [6.07, 6.45) is 2.26. The van der Waals surface area contributed by atoms with Crippen LogP contribution in [0.3, 0.4) is 0 Å². The fraction of sp³-hybridized carbons (Fsp3) is 0.429. The van der Waals surface area contributed by atoms with Crippen LogP contribution < -0.4 is 25.6 Å². The third kappa shape index (κ3) is 5.16. The van der Waals surface area contributed by atoms with Crippen LogP contribution in [0.15, 0.2) is 36.2 Å². The molecular weight excluding hydrogens is 384 g/mol. The smallest absolute Gasteiger partial charge is 0.412 e. The number of aromatic nitrogens is 2. The second-order valence-corrected chi connectivity index (χ2v) is 6.97. The fourth-order valence-electron chi connectivity index (χ4n) is 3.26. The van der Waals surface area contributed by atoms with Gasteiger partial charge in [0.05, 0.1) is 30.2 Å². The third-order valence-electron chi connectivity index (χ3n) is 4.91. The van der Waals surface area contributed by atoms with Gasteiger partial charge in [-0.2, -0.15) is 5.10 Å². The number of aryl methyl sites for hydroxylation is 2. The molecule has 1 aliphatic heterocycles. The van der Waals surface area contributed by atoms with E-state index in [0.29, 0.717) is 18.8 Å². The summed E-state index contributed by atoms with van der Waals surface area (Å²) < 4.78 is 12.9. The van der Waals surface area contributed by atoms with Crippen molar-refractivity contribution in [1.82, 2.24) is 20.4 Å². The van der Waals surface area contributed by atoms with Gasteiger partial charge < -0.3 is 25.0 Å². The maximum absolute atomic E-state index is 12.3. The Bertz CT molecular complexity index is 908. The van der Waals surface area contributed by atoms with Gasteiger partial charge in [0.25, 0.3) is 0 Å². The molecule has 3 N–H and O–H groups in total. The Morgan fingerprint density at radius 2 is 2.17 bits per heavy atom. The molecule has 3 rings (SSSR count). The molecule has 0 bridgehead atoms. The topological polar surface area (TPSA) is 92.7 Å². The monoisotopic (exact) mass is 414 g/mol. The summed E-state index contributed by atoms with van der Waals surface area (Å²) >= 11 is 0. The van der Waals surface area contributed by atoms with Crippen LogP contribution in [0.1, 0.15) is 18.3 Å². The number of ether oxygens (including phenoxy) is 2. The summed E-state index contributed by atoms with van der Waals surface area (Å²) in [7, 11) is 5.60. The van der Waals surface area contributed by atoms with Crippen molar-refractivity contribution in [2.45, 2.75) is 20.0 Å². The molecule has 2 aromatic rings. The van der Waals surface area contributed by atoms with Crippen molar-refractivity contribution in [3.05, 3.63) is 47.6 Å². The lowest BCUT2D eigenvalue weighted by Gasteiger charge is -2.32. The Balaban J connectivity index is 1.65. The minimum absolute atomic E-state index is 0.163. The van der Waals surface area contributed by atoms with Gasteiger partial charge >= 0.3 is 6.09 Å². The molecule has 0 spiro atoms. The second kappa shape index (κ2) is 9.91. The van der Waals surface area contributed by atoms with Gasteiger partial charge in [-0.3, -0.25) is 10.00 Å². The summed E-state index contributed by atoms with van der Waals surface area (Å²) in [6.45, 7) is 4.27. The molecule has 9 nitrogen and oxygen atoms in total. The summed E-state index contributed by atoms with van der Waals surface area (Å²) in [6, 6.07) is 7.53. The van der Waals surface area contributed by atoms with Crippen molar-refractivity contribution in [1.29, 1.82) is 0 Å². The number of fused-ring (bicyclic) bond motifs is 1. The molecule has 0 radical (unpaired) electrons. The first kappa shape index (κ1) is 21.4. The molecule has 9 heteroatoms. The predicted octanol–water partition coefficient (Wildman–Crippen LogP) is 2.21. The lowest BCUT2D eigenvalue weighted by atomic mass is 10.2. The van der Waals surface area contributed by atoms with E-state index < -0.39 is 6.09 Å². The highest BCUT2D eigenvalue weighted by atomic mass is 16.5. The Labute approximate surface area is 177 Å². The normalized spacial score (nSPS) is 13.3. The number of likely N-dealkylation sites (N-methyl/N-ethyl adjacent to an activating group) is 1. The maximum atomic E-state index is 12.3. The van der Waals surface area contributed by atoms with Crippen molar-refractivity contribution < 1.29 is 14.3 Å². The van der Waals surface area contributed by atoms with E-state index in [2.05, 4.69) is 25.9 Å². The van der Waals surface area contributed by atoms with Gasteiger partial charge in [0.2, 0.25) is 0 Å². The first-order valence-corrected chi connectivity index (χ1v) is 10.1. The van der Waals surface area contributed by atoms with Crippen LogP contribution in [0.25, 0.3) is 0 Å². The van der Waals surface area contributed by atoms with Gasteiger partial charge in [0.1, 0.15) is 19.0 Å². The standard InChI is InChI=1S/C21H30N6O3/c1-5-15-10-18(26(4)25-15)14-30-21(28)24-16-6-7-20-19(11-16)27(8-9-29-20)13-17(23-3)12-22-2/h6-7,10-12,22-23H,5,8-9,13-14H2,1-4H3,(H,24,28)/b17-12-. The number of nitrogens with one attached hydrogen (secondary N) is 3. The van der Waals surface area contributed by atoms with Gasteiger partial charge in [-0.1, -0.05) is 6.92 Å². The molecule has 30 heavy (non-hydrogen) atoms. The van der Waals surface area contributed by atoms with E-state index in [4.69, 9.17) is 9.47 Å². The van der Waals surface area contributed by atoms with E-state index in [1.54, 1.807) is 4.68 Å². The highest BCUT2D eigenvalue weighted by Crippen LogP contribution is 2.34. The average Bonchev–Trinajstić information content (AvgIpc) is 3.12. The number of hydrogen-bond donors (Lipinski definition) is 3. The fourth-order valence-corrected chi connectivity index (χ4v) is 3.26. The third-order valence-corrected chi connectivity index (χ3v) is 4.91. The van der Waals surface area contributed by atoms with Crippen molar-refractivity contribution in [3.63, 3.8) is 0 Å². The lowest BCUT2D eigenvalue weighted by Crippen LogP contribution is -2.36. The van der Waals surface area contributed by atoms with Crippen LogP contribution in [-0.2, 0) is 24.8 Å². The molecule has 2 heterocycles. The molecule has 0 saturated heterocycles. The minimum Gasteiger partial charge on any atom is -0.490 e. The van der Waals surface area contributed by atoms with Crippen LogP contribution in [0.4, 0.5) is 16.2 Å². The van der Waals surface area contributed by atoms with Crippen molar-refractivity contribution in [2.24, 2.45) is 7.05 Å². The highest BCUT2D eigenvalue weighted by Gasteiger charge is 2.20. The Hall–Kier alpha value is -3.36.